The van der Waals surface area contributed by atoms with Crippen molar-refractivity contribution in [3.8, 4) is 0 Å². The summed E-state index contributed by atoms with van der Waals surface area (Å²) in [5, 5.41) is 0. The van der Waals surface area contributed by atoms with Crippen LogP contribution in [0.3, 0.4) is 0 Å². The third-order valence-corrected chi connectivity index (χ3v) is 1.59. The maximum atomic E-state index is 3.92. The largest absolute Gasteiger partial charge is 0.371 e. The second-order valence-corrected chi connectivity index (χ2v) is 3.65. The van der Waals surface area contributed by atoms with Crippen molar-refractivity contribution in [2.75, 3.05) is 6.54 Å². The Morgan fingerprint density at radius 2 is 1.80 bits per heavy atom. The second-order valence-electron chi connectivity index (χ2n) is 3.65. The molecule has 0 atom stereocenters. The molecule has 0 bridgehead atoms. The minimum atomic E-state index is 0.223. The maximum Gasteiger partial charge on any atom is 0.0314 e. The van der Waals surface area contributed by atoms with Gasteiger partial charge in [0.1, 0.15) is 0 Å². The van der Waals surface area contributed by atoms with Crippen molar-refractivity contribution in [2.45, 2.75) is 40.2 Å². The highest BCUT2D eigenvalue weighted by molar-refractivity contribution is 4.94. The molecule has 0 amide bonds. The summed E-state index contributed by atoms with van der Waals surface area (Å²) in [6, 6.07) is 0. The van der Waals surface area contributed by atoms with Crippen LogP contribution in [-0.2, 0) is 0 Å². The van der Waals surface area contributed by atoms with Gasteiger partial charge in [0.15, 0.2) is 0 Å². The zero-order chi connectivity index (χ0) is 8.36. The molecule has 0 unspecified atom stereocenters. The smallest absolute Gasteiger partial charge is 0.0314 e. The molecule has 0 radical (unpaired) electrons. The summed E-state index contributed by atoms with van der Waals surface area (Å²) in [6.07, 6.45) is 0. The molecule has 0 aromatic carbocycles. The van der Waals surface area contributed by atoms with Gasteiger partial charge in [0.05, 0.1) is 0 Å². The molecule has 0 saturated carbocycles. The highest BCUT2D eigenvalue weighted by Crippen LogP contribution is 2.16. The first-order valence-electron chi connectivity index (χ1n) is 3.82. The lowest BCUT2D eigenvalue weighted by molar-refractivity contribution is 0.196. The van der Waals surface area contributed by atoms with E-state index in [-0.39, 0.29) is 5.54 Å². The van der Waals surface area contributed by atoms with Gasteiger partial charge < -0.3 is 4.90 Å². The lowest BCUT2D eigenvalue weighted by Gasteiger charge is -2.37. The van der Waals surface area contributed by atoms with Crippen LogP contribution in [0.15, 0.2) is 12.3 Å². The Balaban J connectivity index is 4.22. The van der Waals surface area contributed by atoms with Crippen LogP contribution < -0.4 is 0 Å². The molecular formula is C9H19N. The van der Waals surface area contributed by atoms with Crippen molar-refractivity contribution in [1.82, 2.24) is 4.90 Å². The zero-order valence-corrected chi connectivity index (χ0v) is 7.86. The number of hydrogen-bond acceptors (Lipinski definition) is 1. The van der Waals surface area contributed by atoms with Gasteiger partial charge in [-0.25, -0.2) is 0 Å². The Morgan fingerprint density at radius 3 is 1.80 bits per heavy atom. The fraction of sp³-hybridized carbons (Fsp3) is 0.778. The zero-order valence-electron chi connectivity index (χ0n) is 7.86. The van der Waals surface area contributed by atoms with Gasteiger partial charge >= 0.3 is 0 Å². The van der Waals surface area contributed by atoms with E-state index in [1.807, 2.05) is 0 Å². The van der Waals surface area contributed by atoms with Crippen LogP contribution >= 0.6 is 0 Å². The van der Waals surface area contributed by atoms with Crippen LogP contribution in [0.5, 0.6) is 0 Å². The normalized spacial score (nSPS) is 11.3. The first-order chi connectivity index (χ1) is 4.39. The van der Waals surface area contributed by atoms with Gasteiger partial charge in [0, 0.05) is 17.8 Å². The van der Waals surface area contributed by atoms with E-state index in [0.29, 0.717) is 0 Å². The van der Waals surface area contributed by atoms with E-state index in [2.05, 4.69) is 46.1 Å². The van der Waals surface area contributed by atoms with E-state index in [0.717, 1.165) is 12.2 Å². The van der Waals surface area contributed by atoms with E-state index in [9.17, 15) is 0 Å². The van der Waals surface area contributed by atoms with Crippen molar-refractivity contribution in [1.29, 1.82) is 0 Å². The van der Waals surface area contributed by atoms with Gasteiger partial charge in [0.25, 0.3) is 0 Å². The quantitative estimate of drug-likeness (QED) is 0.571. The Bertz CT molecular complexity index is 119. The minimum absolute atomic E-state index is 0.223. The molecule has 0 aromatic heterocycles. The van der Waals surface area contributed by atoms with Gasteiger partial charge in [0.2, 0.25) is 0 Å². The molecular weight excluding hydrogens is 122 g/mol. The van der Waals surface area contributed by atoms with Crippen LogP contribution in [0.1, 0.15) is 34.6 Å². The number of nitrogens with zero attached hydrogens (tertiary/aromatic N) is 1. The summed E-state index contributed by atoms with van der Waals surface area (Å²) >= 11 is 0. The highest BCUT2D eigenvalue weighted by Gasteiger charge is 2.17. The third kappa shape index (κ3) is 2.42. The minimum Gasteiger partial charge on any atom is -0.371 e. The molecule has 1 heteroatoms. The van der Waals surface area contributed by atoms with Gasteiger partial charge in [-0.05, 0) is 34.6 Å². The SMILES string of the molecule is C=C(C)N(CC)C(C)(C)C. The Kier molecular flexibility index (Phi) is 2.95. The van der Waals surface area contributed by atoms with Crippen molar-refractivity contribution in [3.63, 3.8) is 0 Å². The van der Waals surface area contributed by atoms with Crippen molar-refractivity contribution < 1.29 is 0 Å². The molecule has 0 spiro atoms. The van der Waals surface area contributed by atoms with Crippen molar-refractivity contribution >= 4 is 0 Å². The van der Waals surface area contributed by atoms with E-state index in [1.165, 1.54) is 0 Å². The summed E-state index contributed by atoms with van der Waals surface area (Å²) in [6.45, 7) is 15.8. The fourth-order valence-corrected chi connectivity index (χ4v) is 1.32. The van der Waals surface area contributed by atoms with E-state index in [1.54, 1.807) is 0 Å². The van der Waals surface area contributed by atoms with Crippen LogP contribution in [0, 0.1) is 0 Å². The van der Waals surface area contributed by atoms with E-state index < -0.39 is 0 Å². The Morgan fingerprint density at radius 1 is 1.40 bits per heavy atom. The molecule has 0 heterocycles. The molecule has 0 aromatic rings. The monoisotopic (exact) mass is 141 g/mol. The van der Waals surface area contributed by atoms with Gasteiger partial charge in [-0.3, -0.25) is 0 Å². The van der Waals surface area contributed by atoms with Crippen LogP contribution in [-0.4, -0.2) is 17.0 Å². The van der Waals surface area contributed by atoms with Gasteiger partial charge in [-0.2, -0.15) is 0 Å². The molecule has 0 fully saturated rings. The first kappa shape index (κ1) is 9.54. The second kappa shape index (κ2) is 3.09. The van der Waals surface area contributed by atoms with Gasteiger partial charge in [-0.1, -0.05) is 6.58 Å². The highest BCUT2D eigenvalue weighted by atomic mass is 15.2. The lowest BCUT2D eigenvalue weighted by Crippen LogP contribution is -2.39. The fourth-order valence-electron chi connectivity index (χ4n) is 1.32. The predicted octanol–water partition coefficient (Wildman–Crippen LogP) is 2.64. The molecule has 0 rings (SSSR count). The molecule has 10 heavy (non-hydrogen) atoms. The Hall–Kier alpha value is -0.460. The topological polar surface area (TPSA) is 3.24 Å². The average molecular weight is 141 g/mol. The van der Waals surface area contributed by atoms with E-state index in [4.69, 9.17) is 0 Å². The molecule has 0 saturated heterocycles. The summed E-state index contributed by atoms with van der Waals surface area (Å²) in [4.78, 5) is 2.28. The third-order valence-electron chi connectivity index (χ3n) is 1.59. The lowest BCUT2D eigenvalue weighted by atomic mass is 10.1. The molecule has 0 aliphatic heterocycles. The summed E-state index contributed by atoms with van der Waals surface area (Å²) in [5.41, 5.74) is 1.37. The van der Waals surface area contributed by atoms with Crippen LogP contribution in [0.4, 0.5) is 0 Å². The standard InChI is InChI=1S/C9H19N/c1-7-10(8(2)3)9(4,5)6/h2,7H2,1,3-6H3. The number of rotatable bonds is 2. The summed E-state index contributed by atoms with van der Waals surface area (Å²) in [7, 11) is 0. The van der Waals surface area contributed by atoms with Crippen molar-refractivity contribution in [2.24, 2.45) is 0 Å². The molecule has 60 valence electrons. The number of hydrogen-bond donors (Lipinski definition) is 0. The number of allylic oxidation sites excluding steroid dienone is 1. The Labute approximate surface area is 64.7 Å². The molecule has 1 nitrogen and oxygen atoms in total. The molecule has 0 aliphatic rings. The van der Waals surface area contributed by atoms with E-state index >= 15 is 0 Å². The van der Waals surface area contributed by atoms with Gasteiger partial charge in [-0.15, -0.1) is 0 Å². The molecule has 0 N–H and O–H groups in total. The molecule has 0 aliphatic carbocycles. The van der Waals surface area contributed by atoms with Crippen LogP contribution in [0.2, 0.25) is 0 Å². The summed E-state index contributed by atoms with van der Waals surface area (Å²) < 4.78 is 0. The summed E-state index contributed by atoms with van der Waals surface area (Å²) in [5.74, 6) is 0. The predicted molar refractivity (Wildman–Crippen MR) is 46.9 cm³/mol. The maximum absolute atomic E-state index is 3.92. The first-order valence-corrected chi connectivity index (χ1v) is 3.82. The average Bonchev–Trinajstić information content (AvgIpc) is 1.60. The van der Waals surface area contributed by atoms with Crippen LogP contribution in [0.25, 0.3) is 0 Å². The van der Waals surface area contributed by atoms with Crippen molar-refractivity contribution in [3.05, 3.63) is 12.3 Å².